The lowest BCUT2D eigenvalue weighted by Gasteiger charge is -2.28. The predicted octanol–water partition coefficient (Wildman–Crippen LogP) is 1.60. The maximum Gasteiger partial charge on any atom is 0.0110 e. The van der Waals surface area contributed by atoms with Crippen LogP contribution in [0.2, 0.25) is 0 Å². The lowest BCUT2D eigenvalue weighted by Crippen LogP contribution is -2.38. The van der Waals surface area contributed by atoms with E-state index in [1.54, 1.807) is 0 Å². The highest BCUT2D eigenvalue weighted by Gasteiger charge is 2.30. The molecular formula is C10H22N2. The van der Waals surface area contributed by atoms with Gasteiger partial charge in [0.15, 0.2) is 0 Å². The van der Waals surface area contributed by atoms with Gasteiger partial charge in [-0.15, -0.1) is 0 Å². The molecule has 1 fully saturated rings. The van der Waals surface area contributed by atoms with Crippen molar-refractivity contribution in [2.24, 2.45) is 5.73 Å². The van der Waals surface area contributed by atoms with Crippen LogP contribution in [-0.4, -0.2) is 30.1 Å². The maximum absolute atomic E-state index is 5.59. The van der Waals surface area contributed by atoms with Crippen LogP contribution in [0.15, 0.2) is 0 Å². The fourth-order valence-electron chi connectivity index (χ4n) is 1.90. The summed E-state index contributed by atoms with van der Waals surface area (Å²) in [7, 11) is 0. The lowest BCUT2D eigenvalue weighted by atomic mass is 10.1. The number of rotatable bonds is 6. The molecule has 0 aromatic rings. The second-order valence-corrected chi connectivity index (χ2v) is 3.90. The molecule has 0 bridgehead atoms. The summed E-state index contributed by atoms with van der Waals surface area (Å²) in [5, 5.41) is 0. The van der Waals surface area contributed by atoms with Gasteiger partial charge in [0, 0.05) is 25.2 Å². The second kappa shape index (κ2) is 4.83. The fourth-order valence-corrected chi connectivity index (χ4v) is 1.90. The van der Waals surface area contributed by atoms with Gasteiger partial charge in [0.2, 0.25) is 0 Å². The molecule has 0 aromatic carbocycles. The van der Waals surface area contributed by atoms with Crippen LogP contribution in [0.5, 0.6) is 0 Å². The van der Waals surface area contributed by atoms with Crippen molar-refractivity contribution >= 4 is 0 Å². The molecule has 0 heterocycles. The topological polar surface area (TPSA) is 29.3 Å². The van der Waals surface area contributed by atoms with E-state index in [2.05, 4.69) is 18.7 Å². The molecule has 1 unspecified atom stereocenters. The van der Waals surface area contributed by atoms with Gasteiger partial charge in [0.25, 0.3) is 0 Å². The molecule has 12 heavy (non-hydrogen) atoms. The van der Waals surface area contributed by atoms with Crippen LogP contribution in [0.1, 0.15) is 39.5 Å². The van der Waals surface area contributed by atoms with E-state index in [0.29, 0.717) is 0 Å². The van der Waals surface area contributed by atoms with Crippen molar-refractivity contribution in [2.45, 2.75) is 51.6 Å². The van der Waals surface area contributed by atoms with Gasteiger partial charge in [-0.2, -0.15) is 0 Å². The molecule has 0 amide bonds. The minimum atomic E-state index is 0.742. The minimum Gasteiger partial charge on any atom is -0.329 e. The van der Waals surface area contributed by atoms with Crippen LogP contribution in [0, 0.1) is 0 Å². The van der Waals surface area contributed by atoms with Gasteiger partial charge in [-0.3, -0.25) is 4.90 Å². The molecule has 1 saturated carbocycles. The third-order valence-electron chi connectivity index (χ3n) is 2.68. The highest BCUT2D eigenvalue weighted by atomic mass is 15.2. The van der Waals surface area contributed by atoms with E-state index in [1.165, 1.54) is 25.7 Å². The first-order valence-electron chi connectivity index (χ1n) is 5.25. The Morgan fingerprint density at radius 3 is 2.58 bits per heavy atom. The van der Waals surface area contributed by atoms with Gasteiger partial charge in [0.1, 0.15) is 0 Å². The zero-order valence-corrected chi connectivity index (χ0v) is 8.42. The second-order valence-electron chi connectivity index (χ2n) is 3.90. The molecule has 2 N–H and O–H groups in total. The molecule has 1 aliphatic rings. The van der Waals surface area contributed by atoms with E-state index in [-0.39, 0.29) is 0 Å². The van der Waals surface area contributed by atoms with Gasteiger partial charge in [-0.25, -0.2) is 0 Å². The van der Waals surface area contributed by atoms with Crippen molar-refractivity contribution in [1.29, 1.82) is 0 Å². The first-order valence-corrected chi connectivity index (χ1v) is 5.25. The van der Waals surface area contributed by atoms with Gasteiger partial charge < -0.3 is 5.73 Å². The Kier molecular flexibility index (Phi) is 4.02. The molecule has 1 atom stereocenters. The number of hydrogen-bond donors (Lipinski definition) is 1. The standard InChI is InChI=1S/C10H22N2/c1-3-4-9(2)12(8-7-11)10-5-6-10/h9-10H,3-8,11H2,1-2H3. The third kappa shape index (κ3) is 2.76. The molecule has 2 nitrogen and oxygen atoms in total. The van der Waals surface area contributed by atoms with E-state index in [9.17, 15) is 0 Å². The van der Waals surface area contributed by atoms with Crippen LogP contribution in [0.25, 0.3) is 0 Å². The van der Waals surface area contributed by atoms with Crippen molar-refractivity contribution in [3.8, 4) is 0 Å². The fraction of sp³-hybridized carbons (Fsp3) is 1.00. The Hall–Kier alpha value is -0.0800. The molecule has 0 aromatic heterocycles. The summed E-state index contributed by atoms with van der Waals surface area (Å²) in [4.78, 5) is 2.59. The first-order chi connectivity index (χ1) is 5.79. The predicted molar refractivity (Wildman–Crippen MR) is 53.2 cm³/mol. The minimum absolute atomic E-state index is 0.742. The van der Waals surface area contributed by atoms with E-state index >= 15 is 0 Å². The van der Waals surface area contributed by atoms with Crippen LogP contribution in [0.3, 0.4) is 0 Å². The third-order valence-corrected chi connectivity index (χ3v) is 2.68. The summed E-state index contributed by atoms with van der Waals surface area (Å²) in [6, 6.07) is 1.61. The van der Waals surface area contributed by atoms with E-state index in [4.69, 9.17) is 5.73 Å². The van der Waals surface area contributed by atoms with Gasteiger partial charge in [0.05, 0.1) is 0 Å². The van der Waals surface area contributed by atoms with E-state index < -0.39 is 0 Å². The zero-order valence-electron chi connectivity index (χ0n) is 8.42. The summed E-state index contributed by atoms with van der Waals surface area (Å²) in [5.41, 5.74) is 5.59. The molecule has 0 saturated heterocycles. The van der Waals surface area contributed by atoms with Crippen molar-refractivity contribution in [2.75, 3.05) is 13.1 Å². The first kappa shape index (κ1) is 10.0. The number of hydrogen-bond acceptors (Lipinski definition) is 2. The average Bonchev–Trinajstić information content (AvgIpc) is 2.83. The Bertz CT molecular complexity index is 121. The Balaban J connectivity index is 2.29. The quantitative estimate of drug-likeness (QED) is 0.656. The highest BCUT2D eigenvalue weighted by molar-refractivity contribution is 4.87. The summed E-state index contributed by atoms with van der Waals surface area (Å²) in [5.74, 6) is 0. The molecule has 0 spiro atoms. The molecule has 72 valence electrons. The van der Waals surface area contributed by atoms with Crippen molar-refractivity contribution in [3.05, 3.63) is 0 Å². The van der Waals surface area contributed by atoms with E-state index in [0.717, 1.165) is 25.2 Å². The van der Waals surface area contributed by atoms with Crippen molar-refractivity contribution in [3.63, 3.8) is 0 Å². The Morgan fingerprint density at radius 2 is 2.17 bits per heavy atom. The molecule has 2 heteroatoms. The molecule has 1 aliphatic carbocycles. The maximum atomic E-state index is 5.59. The monoisotopic (exact) mass is 170 g/mol. The van der Waals surface area contributed by atoms with Crippen molar-refractivity contribution < 1.29 is 0 Å². The van der Waals surface area contributed by atoms with Gasteiger partial charge >= 0.3 is 0 Å². The summed E-state index contributed by atoms with van der Waals surface area (Å²) < 4.78 is 0. The van der Waals surface area contributed by atoms with Crippen LogP contribution < -0.4 is 5.73 Å². The summed E-state index contributed by atoms with van der Waals surface area (Å²) in [6.07, 6.45) is 5.40. The summed E-state index contributed by atoms with van der Waals surface area (Å²) in [6.45, 7) is 6.48. The smallest absolute Gasteiger partial charge is 0.0110 e. The normalized spacial score (nSPS) is 20.0. The van der Waals surface area contributed by atoms with Gasteiger partial charge in [-0.1, -0.05) is 13.3 Å². The van der Waals surface area contributed by atoms with Crippen LogP contribution >= 0.6 is 0 Å². The van der Waals surface area contributed by atoms with E-state index in [1.807, 2.05) is 0 Å². The Morgan fingerprint density at radius 1 is 1.50 bits per heavy atom. The SMILES string of the molecule is CCCC(C)N(CCN)C1CC1. The summed E-state index contributed by atoms with van der Waals surface area (Å²) >= 11 is 0. The zero-order chi connectivity index (χ0) is 8.97. The van der Waals surface area contributed by atoms with Crippen molar-refractivity contribution in [1.82, 2.24) is 4.90 Å². The molecule has 0 aliphatic heterocycles. The largest absolute Gasteiger partial charge is 0.329 e. The molecule has 0 radical (unpaired) electrons. The van der Waals surface area contributed by atoms with Crippen LogP contribution in [-0.2, 0) is 0 Å². The highest BCUT2D eigenvalue weighted by Crippen LogP contribution is 2.29. The average molecular weight is 170 g/mol. The van der Waals surface area contributed by atoms with Crippen LogP contribution in [0.4, 0.5) is 0 Å². The number of nitrogens with two attached hydrogens (primary N) is 1. The lowest BCUT2D eigenvalue weighted by molar-refractivity contribution is 0.194. The number of nitrogens with zero attached hydrogens (tertiary/aromatic N) is 1. The molecule has 1 rings (SSSR count). The molecular weight excluding hydrogens is 148 g/mol. The Labute approximate surface area is 76.1 Å². The van der Waals surface area contributed by atoms with Gasteiger partial charge in [-0.05, 0) is 26.2 Å².